The maximum absolute atomic E-state index is 11.2. The Morgan fingerprint density at radius 2 is 2.59 bits per heavy atom. The van der Waals surface area contributed by atoms with Gasteiger partial charge in [0.25, 0.3) is 0 Å². The minimum atomic E-state index is -0.491. The molecule has 0 amide bonds. The molecule has 1 aliphatic heterocycles. The summed E-state index contributed by atoms with van der Waals surface area (Å²) in [6.45, 7) is 2.95. The molecule has 1 fully saturated rings. The molecule has 17 heavy (non-hydrogen) atoms. The van der Waals surface area contributed by atoms with E-state index >= 15 is 0 Å². The fourth-order valence-electron chi connectivity index (χ4n) is 2.05. The molecule has 0 spiro atoms. The summed E-state index contributed by atoms with van der Waals surface area (Å²) in [4.78, 5) is 19.6. The predicted octanol–water partition coefficient (Wildman–Crippen LogP) is 0.00518. The van der Waals surface area contributed by atoms with Crippen LogP contribution in [0.4, 0.5) is 5.82 Å². The van der Waals surface area contributed by atoms with Crippen LogP contribution >= 0.6 is 0 Å². The van der Waals surface area contributed by atoms with E-state index in [0.29, 0.717) is 11.7 Å². The summed E-state index contributed by atoms with van der Waals surface area (Å²) in [5.74, 6) is 1.05. The zero-order chi connectivity index (χ0) is 12.3. The average Bonchev–Trinajstić information content (AvgIpc) is 2.72. The summed E-state index contributed by atoms with van der Waals surface area (Å²) in [7, 11) is 2.10. The van der Waals surface area contributed by atoms with Gasteiger partial charge in [-0.1, -0.05) is 0 Å². The van der Waals surface area contributed by atoms with Crippen molar-refractivity contribution in [1.82, 2.24) is 14.9 Å². The summed E-state index contributed by atoms with van der Waals surface area (Å²) in [5, 5.41) is 11.8. The highest BCUT2D eigenvalue weighted by atomic mass is 16.1. The van der Waals surface area contributed by atoms with Crippen molar-refractivity contribution < 1.29 is 0 Å². The second-order valence-electron chi connectivity index (χ2n) is 4.39. The molecule has 1 aromatic rings. The van der Waals surface area contributed by atoms with Crippen molar-refractivity contribution in [1.29, 1.82) is 5.26 Å². The van der Waals surface area contributed by atoms with E-state index in [1.807, 2.05) is 6.07 Å². The van der Waals surface area contributed by atoms with Gasteiger partial charge in [0.2, 0.25) is 0 Å². The second kappa shape index (κ2) is 4.97. The maximum Gasteiger partial charge on any atom is 0.347 e. The van der Waals surface area contributed by atoms with Crippen LogP contribution in [-0.4, -0.2) is 41.5 Å². The molecule has 6 nitrogen and oxygen atoms in total. The molecule has 1 atom stereocenters. The van der Waals surface area contributed by atoms with Crippen molar-refractivity contribution in [3.63, 3.8) is 0 Å². The van der Waals surface area contributed by atoms with Gasteiger partial charge in [-0.25, -0.2) is 4.79 Å². The van der Waals surface area contributed by atoms with Crippen LogP contribution in [-0.2, 0) is 0 Å². The topological polar surface area (TPSA) is 84.8 Å². The van der Waals surface area contributed by atoms with Gasteiger partial charge < -0.3 is 10.2 Å². The van der Waals surface area contributed by atoms with Gasteiger partial charge in [-0.2, -0.15) is 10.2 Å². The lowest BCUT2D eigenvalue weighted by Crippen LogP contribution is -2.21. The first-order valence-electron chi connectivity index (χ1n) is 5.61. The smallest absolute Gasteiger partial charge is 0.347 e. The van der Waals surface area contributed by atoms with Crippen LogP contribution in [0.3, 0.4) is 0 Å². The Morgan fingerprint density at radius 3 is 3.24 bits per heavy atom. The lowest BCUT2D eigenvalue weighted by molar-refractivity contribution is 0.399. The quantitative estimate of drug-likeness (QED) is 0.768. The fourth-order valence-corrected chi connectivity index (χ4v) is 2.05. The highest BCUT2D eigenvalue weighted by Crippen LogP contribution is 2.14. The number of rotatable bonds is 3. The Balaban J connectivity index is 1.97. The molecule has 1 aromatic heterocycles. The van der Waals surface area contributed by atoms with Crippen LogP contribution in [0.2, 0.25) is 0 Å². The van der Waals surface area contributed by atoms with E-state index in [9.17, 15) is 4.79 Å². The number of aromatic nitrogens is 2. The van der Waals surface area contributed by atoms with E-state index < -0.39 is 5.69 Å². The number of nitrogens with one attached hydrogen (secondary N) is 2. The normalized spacial score (nSPS) is 20.1. The predicted molar refractivity (Wildman–Crippen MR) is 63.7 cm³/mol. The van der Waals surface area contributed by atoms with Crippen molar-refractivity contribution in [2.75, 3.05) is 32.0 Å². The minimum absolute atomic E-state index is 0.232. The van der Waals surface area contributed by atoms with Crippen molar-refractivity contribution in [2.24, 2.45) is 5.92 Å². The molecule has 1 unspecified atom stereocenters. The van der Waals surface area contributed by atoms with Gasteiger partial charge in [0, 0.05) is 19.2 Å². The van der Waals surface area contributed by atoms with Gasteiger partial charge in [-0.15, -0.1) is 0 Å². The van der Waals surface area contributed by atoms with E-state index in [4.69, 9.17) is 5.26 Å². The summed E-state index contributed by atoms with van der Waals surface area (Å²) in [6.07, 6.45) is 1.15. The molecular formula is C11H15N5O. The van der Waals surface area contributed by atoms with Gasteiger partial charge in [0.1, 0.15) is 17.6 Å². The van der Waals surface area contributed by atoms with Crippen molar-refractivity contribution >= 4 is 5.82 Å². The van der Waals surface area contributed by atoms with Gasteiger partial charge in [0.15, 0.2) is 0 Å². The number of anilines is 1. The minimum Gasteiger partial charge on any atom is -0.369 e. The van der Waals surface area contributed by atoms with E-state index in [1.54, 1.807) is 6.07 Å². The summed E-state index contributed by atoms with van der Waals surface area (Å²) in [6, 6.07) is 3.46. The average molecular weight is 233 g/mol. The molecule has 6 heteroatoms. The number of nitriles is 1. The summed E-state index contributed by atoms with van der Waals surface area (Å²) >= 11 is 0. The van der Waals surface area contributed by atoms with Gasteiger partial charge in [0.05, 0.1) is 0 Å². The highest BCUT2D eigenvalue weighted by Gasteiger charge is 2.19. The maximum atomic E-state index is 11.2. The Hall–Kier alpha value is -1.87. The molecule has 2 rings (SSSR count). The second-order valence-corrected chi connectivity index (χ2v) is 4.39. The molecule has 90 valence electrons. The van der Waals surface area contributed by atoms with Gasteiger partial charge in [-0.05, 0) is 25.9 Å². The lowest BCUT2D eigenvalue weighted by Gasteiger charge is -2.11. The molecule has 1 aliphatic rings. The third-order valence-electron chi connectivity index (χ3n) is 2.93. The number of nitrogens with zero attached hydrogens (tertiary/aromatic N) is 3. The van der Waals surface area contributed by atoms with Crippen molar-refractivity contribution in [2.45, 2.75) is 6.42 Å². The largest absolute Gasteiger partial charge is 0.369 e. The summed E-state index contributed by atoms with van der Waals surface area (Å²) < 4.78 is 0. The first-order chi connectivity index (χ1) is 8.17. The first kappa shape index (κ1) is 11.6. The molecule has 0 aliphatic carbocycles. The Bertz CT molecular complexity index is 489. The Kier molecular flexibility index (Phi) is 3.40. The molecule has 0 aromatic carbocycles. The number of likely N-dealkylation sites (tertiary alicyclic amines) is 1. The van der Waals surface area contributed by atoms with Crippen LogP contribution in [0.1, 0.15) is 12.1 Å². The SMILES string of the molecule is CN1CCC(CNc2cc(C#N)[nH]c(=O)n2)C1. The van der Waals surface area contributed by atoms with Crippen LogP contribution in [0.5, 0.6) is 0 Å². The monoisotopic (exact) mass is 233 g/mol. The van der Waals surface area contributed by atoms with Crippen LogP contribution < -0.4 is 11.0 Å². The number of H-pyrrole nitrogens is 1. The van der Waals surface area contributed by atoms with E-state index in [0.717, 1.165) is 26.1 Å². The molecule has 0 bridgehead atoms. The highest BCUT2D eigenvalue weighted by molar-refractivity contribution is 5.38. The zero-order valence-electron chi connectivity index (χ0n) is 9.73. The Morgan fingerprint density at radius 1 is 1.76 bits per heavy atom. The van der Waals surface area contributed by atoms with Crippen molar-refractivity contribution in [3.8, 4) is 6.07 Å². The van der Waals surface area contributed by atoms with Crippen molar-refractivity contribution in [3.05, 3.63) is 22.2 Å². The van der Waals surface area contributed by atoms with Crippen LogP contribution in [0.15, 0.2) is 10.9 Å². The third-order valence-corrected chi connectivity index (χ3v) is 2.93. The van der Waals surface area contributed by atoms with Crippen LogP contribution in [0.25, 0.3) is 0 Å². The standard InChI is InChI=1S/C11H15N5O/c1-16-3-2-8(7-16)6-13-10-4-9(5-12)14-11(17)15-10/h4,8H,2-3,6-7H2,1H3,(H2,13,14,15,17). The van der Waals surface area contributed by atoms with Gasteiger partial charge in [-0.3, -0.25) is 4.98 Å². The lowest BCUT2D eigenvalue weighted by atomic mass is 10.1. The molecule has 2 N–H and O–H groups in total. The van der Waals surface area contributed by atoms with E-state index in [2.05, 4.69) is 27.2 Å². The zero-order valence-corrected chi connectivity index (χ0v) is 9.73. The molecule has 2 heterocycles. The van der Waals surface area contributed by atoms with Crippen LogP contribution in [0, 0.1) is 17.2 Å². The molecular weight excluding hydrogens is 218 g/mol. The molecule has 0 radical (unpaired) electrons. The van der Waals surface area contributed by atoms with Gasteiger partial charge >= 0.3 is 5.69 Å². The molecule has 1 saturated heterocycles. The first-order valence-corrected chi connectivity index (χ1v) is 5.61. The number of hydrogen-bond donors (Lipinski definition) is 2. The third kappa shape index (κ3) is 3.04. The van der Waals surface area contributed by atoms with E-state index in [-0.39, 0.29) is 5.69 Å². The van der Waals surface area contributed by atoms with E-state index in [1.165, 1.54) is 0 Å². The molecule has 0 saturated carbocycles. The summed E-state index contributed by atoms with van der Waals surface area (Å²) in [5.41, 5.74) is -0.258. The number of hydrogen-bond acceptors (Lipinski definition) is 5. The Labute approximate surface area is 99.3 Å². The number of aromatic amines is 1. The fraction of sp³-hybridized carbons (Fsp3) is 0.545.